The number of anilines is 1. The van der Waals surface area contributed by atoms with E-state index in [1.54, 1.807) is 18.2 Å². The van der Waals surface area contributed by atoms with Gasteiger partial charge in [-0.05, 0) is 42.3 Å². The summed E-state index contributed by atoms with van der Waals surface area (Å²) in [6.45, 7) is 5.18. The minimum absolute atomic E-state index is 0.0176. The second-order valence-electron chi connectivity index (χ2n) is 6.13. The fourth-order valence-electron chi connectivity index (χ4n) is 2.45. The van der Waals surface area contributed by atoms with Crippen LogP contribution in [0, 0.1) is 0 Å². The summed E-state index contributed by atoms with van der Waals surface area (Å²) in [7, 11) is -3.86. The van der Waals surface area contributed by atoms with Crippen molar-refractivity contribution in [2.75, 3.05) is 18.5 Å². The third kappa shape index (κ3) is 6.40. The quantitative estimate of drug-likeness (QED) is 0.524. The van der Waals surface area contributed by atoms with Gasteiger partial charge >= 0.3 is 0 Å². The Morgan fingerprint density at radius 1 is 1.21 bits per heavy atom. The molecule has 1 unspecified atom stereocenters. The smallest absolute Gasteiger partial charge is 0.264 e. The Balaban J connectivity index is 1.87. The highest BCUT2D eigenvalue weighted by molar-refractivity contribution is 7.90. The van der Waals surface area contributed by atoms with Crippen molar-refractivity contribution >= 4 is 21.6 Å². The van der Waals surface area contributed by atoms with E-state index in [9.17, 15) is 18.3 Å². The number of benzene rings is 2. The van der Waals surface area contributed by atoms with Crippen LogP contribution in [0.4, 0.5) is 5.69 Å². The predicted octanol–water partition coefficient (Wildman–Crippen LogP) is 2.09. The van der Waals surface area contributed by atoms with Crippen LogP contribution in [-0.2, 0) is 21.2 Å². The molecule has 7 nitrogen and oxygen atoms in total. The van der Waals surface area contributed by atoms with Crippen LogP contribution in [0.2, 0.25) is 0 Å². The molecular weight excluding hydrogens is 380 g/mol. The molecule has 0 aliphatic rings. The van der Waals surface area contributed by atoms with E-state index in [4.69, 9.17) is 4.74 Å². The van der Waals surface area contributed by atoms with Gasteiger partial charge in [-0.2, -0.15) is 0 Å². The number of aliphatic hydroxyl groups excluding tert-OH is 1. The molecule has 1 amide bonds. The third-order valence-corrected chi connectivity index (χ3v) is 5.20. The predicted molar refractivity (Wildman–Crippen MR) is 108 cm³/mol. The van der Waals surface area contributed by atoms with Gasteiger partial charge in [0.2, 0.25) is 5.91 Å². The molecule has 3 N–H and O–H groups in total. The molecule has 0 bridgehead atoms. The second-order valence-corrected chi connectivity index (χ2v) is 7.81. The normalized spacial score (nSPS) is 12.1. The van der Waals surface area contributed by atoms with E-state index in [2.05, 4.69) is 11.9 Å². The molecule has 2 rings (SSSR count). The Hall–Kier alpha value is -2.84. The fourth-order valence-corrected chi connectivity index (χ4v) is 3.44. The number of amides is 1. The van der Waals surface area contributed by atoms with Gasteiger partial charge in [0, 0.05) is 19.2 Å². The maximum Gasteiger partial charge on any atom is 0.264 e. The van der Waals surface area contributed by atoms with Crippen molar-refractivity contribution in [3.8, 4) is 5.75 Å². The van der Waals surface area contributed by atoms with Crippen LogP contribution in [-0.4, -0.2) is 38.7 Å². The Morgan fingerprint density at radius 3 is 2.54 bits per heavy atom. The van der Waals surface area contributed by atoms with Gasteiger partial charge in [0.05, 0.1) is 4.90 Å². The largest absolute Gasteiger partial charge is 0.491 e. The van der Waals surface area contributed by atoms with Gasteiger partial charge in [-0.3, -0.25) is 4.79 Å². The van der Waals surface area contributed by atoms with Crippen LogP contribution in [0.3, 0.4) is 0 Å². The first kappa shape index (κ1) is 21.5. The topological polar surface area (TPSA) is 105 Å². The maximum absolute atomic E-state index is 11.9. The summed E-state index contributed by atoms with van der Waals surface area (Å²) >= 11 is 0. The SMILES string of the molecule is C=CCc1ccccc1OCC(O)CNc1ccc(S(=O)(=O)NC(C)=O)cc1. The number of carbonyl (C=O) groups is 1. The van der Waals surface area contributed by atoms with E-state index in [1.807, 2.05) is 29.0 Å². The van der Waals surface area contributed by atoms with Gasteiger partial charge in [0.1, 0.15) is 18.5 Å². The maximum atomic E-state index is 11.9. The summed E-state index contributed by atoms with van der Waals surface area (Å²) in [5.74, 6) is 0.0500. The van der Waals surface area contributed by atoms with Crippen LogP contribution in [0.5, 0.6) is 5.75 Å². The van der Waals surface area contributed by atoms with Crippen LogP contribution < -0.4 is 14.8 Å². The van der Waals surface area contributed by atoms with E-state index in [1.165, 1.54) is 12.1 Å². The minimum Gasteiger partial charge on any atom is -0.491 e. The number of ether oxygens (including phenoxy) is 1. The number of rotatable bonds is 10. The molecule has 0 saturated heterocycles. The highest BCUT2D eigenvalue weighted by atomic mass is 32.2. The Morgan fingerprint density at radius 2 is 1.89 bits per heavy atom. The summed E-state index contributed by atoms with van der Waals surface area (Å²) in [6, 6.07) is 13.4. The lowest BCUT2D eigenvalue weighted by atomic mass is 10.1. The number of aliphatic hydroxyl groups is 1. The minimum atomic E-state index is -3.86. The van der Waals surface area contributed by atoms with Crippen molar-refractivity contribution in [1.82, 2.24) is 4.72 Å². The molecule has 0 saturated carbocycles. The molecule has 0 spiro atoms. The molecule has 28 heavy (non-hydrogen) atoms. The molecule has 0 heterocycles. The van der Waals surface area contributed by atoms with Crippen LogP contribution in [0.1, 0.15) is 12.5 Å². The van der Waals surface area contributed by atoms with Crippen molar-refractivity contribution in [1.29, 1.82) is 0 Å². The standard InChI is InChI=1S/C20H24N2O5S/c1-3-6-16-7-4-5-8-20(16)27-14-18(24)13-21-17-9-11-19(12-10-17)28(25,26)22-15(2)23/h3-5,7-12,18,21,24H,1,6,13-14H2,2H3,(H,22,23). The van der Waals surface area contributed by atoms with Gasteiger partial charge < -0.3 is 15.2 Å². The van der Waals surface area contributed by atoms with Gasteiger partial charge in [0.15, 0.2) is 0 Å². The second kappa shape index (κ2) is 9.91. The summed E-state index contributed by atoms with van der Waals surface area (Å²) in [5, 5.41) is 13.1. The van der Waals surface area contributed by atoms with Crippen molar-refractivity contribution in [3.63, 3.8) is 0 Å². The van der Waals surface area contributed by atoms with Crippen molar-refractivity contribution in [2.24, 2.45) is 0 Å². The highest BCUT2D eigenvalue weighted by Crippen LogP contribution is 2.19. The highest BCUT2D eigenvalue weighted by Gasteiger charge is 2.15. The molecule has 2 aromatic rings. The van der Waals surface area contributed by atoms with Crippen molar-refractivity contribution in [3.05, 3.63) is 66.7 Å². The molecule has 0 fully saturated rings. The van der Waals surface area contributed by atoms with Gasteiger partial charge in [-0.15, -0.1) is 6.58 Å². The zero-order chi connectivity index (χ0) is 20.6. The molecule has 0 aromatic heterocycles. The van der Waals surface area contributed by atoms with Crippen LogP contribution >= 0.6 is 0 Å². The molecule has 1 atom stereocenters. The first-order chi connectivity index (χ1) is 13.3. The Labute approximate surface area is 165 Å². The van der Waals surface area contributed by atoms with Gasteiger partial charge in [0.25, 0.3) is 10.0 Å². The number of para-hydroxylation sites is 1. The zero-order valence-corrected chi connectivity index (χ0v) is 16.4. The van der Waals surface area contributed by atoms with Gasteiger partial charge in [-0.25, -0.2) is 13.1 Å². The number of nitrogens with one attached hydrogen (secondary N) is 2. The zero-order valence-electron chi connectivity index (χ0n) is 15.6. The van der Waals surface area contributed by atoms with E-state index >= 15 is 0 Å². The number of carbonyl (C=O) groups excluding carboxylic acids is 1. The van der Waals surface area contributed by atoms with Crippen molar-refractivity contribution in [2.45, 2.75) is 24.3 Å². The number of sulfonamides is 1. The van der Waals surface area contributed by atoms with Crippen LogP contribution in [0.15, 0.2) is 66.1 Å². The lowest BCUT2D eigenvalue weighted by Gasteiger charge is -2.16. The monoisotopic (exact) mass is 404 g/mol. The summed E-state index contributed by atoms with van der Waals surface area (Å²) < 4.78 is 31.4. The molecule has 2 aromatic carbocycles. The molecular formula is C20H24N2O5S. The third-order valence-electron chi connectivity index (χ3n) is 3.75. The number of allylic oxidation sites excluding steroid dienone is 1. The van der Waals surface area contributed by atoms with Crippen molar-refractivity contribution < 1.29 is 23.1 Å². The lowest BCUT2D eigenvalue weighted by Crippen LogP contribution is -2.28. The molecule has 0 radical (unpaired) electrons. The van der Waals surface area contributed by atoms with E-state index in [-0.39, 0.29) is 18.0 Å². The van der Waals surface area contributed by atoms with E-state index < -0.39 is 22.0 Å². The Kier molecular flexibility index (Phi) is 7.60. The first-order valence-corrected chi connectivity index (χ1v) is 10.2. The Bertz CT molecular complexity index is 910. The summed E-state index contributed by atoms with van der Waals surface area (Å²) in [5.41, 5.74) is 1.63. The van der Waals surface area contributed by atoms with Gasteiger partial charge in [-0.1, -0.05) is 24.3 Å². The molecule has 0 aliphatic heterocycles. The first-order valence-electron chi connectivity index (χ1n) is 8.69. The fraction of sp³-hybridized carbons (Fsp3) is 0.250. The average Bonchev–Trinajstić information content (AvgIpc) is 2.65. The molecule has 8 heteroatoms. The number of hydrogen-bond acceptors (Lipinski definition) is 6. The van der Waals surface area contributed by atoms with E-state index in [0.717, 1.165) is 12.5 Å². The summed E-state index contributed by atoms with van der Waals surface area (Å²) in [6.07, 6.45) is 1.70. The average molecular weight is 404 g/mol. The van der Waals surface area contributed by atoms with Crippen LogP contribution in [0.25, 0.3) is 0 Å². The lowest BCUT2D eigenvalue weighted by molar-refractivity contribution is -0.117. The molecule has 0 aliphatic carbocycles. The summed E-state index contributed by atoms with van der Waals surface area (Å²) in [4.78, 5) is 10.9. The molecule has 150 valence electrons. The van der Waals surface area contributed by atoms with E-state index in [0.29, 0.717) is 17.9 Å². The number of hydrogen-bond donors (Lipinski definition) is 3.